The summed E-state index contributed by atoms with van der Waals surface area (Å²) in [6.45, 7) is 4.37. The molecule has 2 unspecified atom stereocenters. The van der Waals surface area contributed by atoms with E-state index >= 15 is 0 Å². The molecule has 2 fully saturated rings. The lowest BCUT2D eigenvalue weighted by molar-refractivity contribution is -0.128. The summed E-state index contributed by atoms with van der Waals surface area (Å²) in [6, 6.07) is 0. The Kier molecular flexibility index (Phi) is 1.61. The average molecular weight is 176 g/mol. The highest BCUT2D eigenvalue weighted by Crippen LogP contribution is 2.64. The molecule has 0 spiro atoms. The van der Waals surface area contributed by atoms with Crippen LogP contribution in [0.2, 0.25) is 0 Å². The van der Waals surface area contributed by atoms with Crippen LogP contribution in [0.5, 0.6) is 0 Å². The number of fused-ring (bicyclic) bond motifs is 1. The first-order valence-electron chi connectivity index (χ1n) is 4.97. The van der Waals surface area contributed by atoms with Crippen LogP contribution in [0.4, 0.5) is 0 Å². The molecule has 0 amide bonds. The molecule has 2 atom stereocenters. The molecule has 2 aliphatic rings. The smallest absolute Gasteiger partial charge is 0.140 e. The van der Waals surface area contributed by atoms with Crippen LogP contribution in [0.1, 0.15) is 39.5 Å². The zero-order valence-electron chi connectivity index (χ0n) is 8.39. The molecule has 0 aliphatic heterocycles. The third-order valence-electron chi connectivity index (χ3n) is 3.64. The van der Waals surface area contributed by atoms with Crippen molar-refractivity contribution in [2.24, 2.45) is 16.7 Å². The van der Waals surface area contributed by atoms with E-state index in [1.807, 2.05) is 0 Å². The van der Waals surface area contributed by atoms with E-state index in [2.05, 4.69) is 19.8 Å². The summed E-state index contributed by atoms with van der Waals surface area (Å²) in [6.07, 6.45) is 8.94. The molecule has 0 aromatic heterocycles. The Morgan fingerprint density at radius 3 is 2.77 bits per heavy atom. The average Bonchev–Trinajstić information content (AvgIpc) is 2.61. The van der Waals surface area contributed by atoms with Gasteiger partial charge in [0.05, 0.1) is 0 Å². The van der Waals surface area contributed by atoms with Gasteiger partial charge in [0.2, 0.25) is 0 Å². The summed E-state index contributed by atoms with van der Waals surface area (Å²) in [4.78, 5) is 11.9. The Morgan fingerprint density at radius 1 is 1.54 bits per heavy atom. The Labute approximate surface area is 79.9 Å². The molecule has 0 saturated heterocycles. The highest BCUT2D eigenvalue weighted by molar-refractivity contribution is 5.90. The molecule has 0 radical (unpaired) electrons. The topological polar surface area (TPSA) is 17.1 Å². The van der Waals surface area contributed by atoms with Crippen LogP contribution < -0.4 is 0 Å². The van der Waals surface area contributed by atoms with Crippen molar-refractivity contribution in [1.82, 2.24) is 0 Å². The standard InChI is InChI=1S/C12H16O/c1-4-5-12-7-9(12)6-11(2,3)8-10(12)13/h1,9H,5-8H2,2-3H3. The van der Waals surface area contributed by atoms with Crippen molar-refractivity contribution >= 4 is 5.78 Å². The van der Waals surface area contributed by atoms with Crippen molar-refractivity contribution in [2.75, 3.05) is 0 Å². The minimum atomic E-state index is -0.0652. The van der Waals surface area contributed by atoms with Crippen LogP contribution in [0.15, 0.2) is 0 Å². The van der Waals surface area contributed by atoms with E-state index in [4.69, 9.17) is 6.42 Å². The van der Waals surface area contributed by atoms with Crippen molar-refractivity contribution < 1.29 is 4.79 Å². The van der Waals surface area contributed by atoms with E-state index in [-0.39, 0.29) is 10.8 Å². The van der Waals surface area contributed by atoms with Gasteiger partial charge >= 0.3 is 0 Å². The summed E-state index contributed by atoms with van der Waals surface area (Å²) < 4.78 is 0. The van der Waals surface area contributed by atoms with Gasteiger partial charge in [-0.15, -0.1) is 12.3 Å². The van der Waals surface area contributed by atoms with Crippen LogP contribution >= 0.6 is 0 Å². The number of carbonyl (C=O) groups is 1. The largest absolute Gasteiger partial charge is 0.299 e. The maximum Gasteiger partial charge on any atom is 0.140 e. The minimum absolute atomic E-state index is 0.0652. The lowest BCUT2D eigenvalue weighted by atomic mass is 9.71. The predicted octanol–water partition coefficient (Wildman–Crippen LogP) is 2.41. The maximum atomic E-state index is 11.9. The van der Waals surface area contributed by atoms with Gasteiger partial charge < -0.3 is 0 Å². The zero-order chi connectivity index (χ0) is 9.69. The normalized spacial score (nSPS) is 40.7. The number of hydrogen-bond donors (Lipinski definition) is 0. The summed E-state index contributed by atoms with van der Waals surface area (Å²) in [7, 11) is 0. The quantitative estimate of drug-likeness (QED) is 0.561. The Bertz CT molecular complexity index is 295. The summed E-state index contributed by atoms with van der Waals surface area (Å²) in [5, 5.41) is 0. The fourth-order valence-electron chi connectivity index (χ4n) is 2.84. The Balaban J connectivity index is 2.17. The number of Topliss-reactive ketones (excluding diaryl/α,β-unsaturated/α-hetero) is 1. The Morgan fingerprint density at radius 2 is 2.23 bits per heavy atom. The first-order chi connectivity index (χ1) is 6.00. The van der Waals surface area contributed by atoms with E-state index in [1.165, 1.54) is 6.42 Å². The second kappa shape index (κ2) is 2.38. The number of ketones is 1. The molecule has 0 heterocycles. The van der Waals surface area contributed by atoms with Gasteiger partial charge in [-0.3, -0.25) is 4.79 Å². The molecule has 0 N–H and O–H groups in total. The summed E-state index contributed by atoms with van der Waals surface area (Å²) in [5.74, 6) is 3.68. The molecular formula is C12H16O. The first-order valence-corrected chi connectivity index (χ1v) is 4.97. The molecule has 1 heteroatoms. The molecule has 1 nitrogen and oxygen atoms in total. The molecule has 2 aliphatic carbocycles. The molecule has 13 heavy (non-hydrogen) atoms. The molecule has 70 valence electrons. The van der Waals surface area contributed by atoms with Gasteiger partial charge in [0.25, 0.3) is 0 Å². The van der Waals surface area contributed by atoms with Gasteiger partial charge in [-0.1, -0.05) is 13.8 Å². The fraction of sp³-hybridized carbons (Fsp3) is 0.750. The van der Waals surface area contributed by atoms with Gasteiger partial charge in [-0.2, -0.15) is 0 Å². The zero-order valence-corrected chi connectivity index (χ0v) is 8.39. The van der Waals surface area contributed by atoms with E-state index in [0.717, 1.165) is 12.8 Å². The van der Waals surface area contributed by atoms with Crippen LogP contribution in [0.3, 0.4) is 0 Å². The summed E-state index contributed by atoms with van der Waals surface area (Å²) >= 11 is 0. The van der Waals surface area contributed by atoms with Gasteiger partial charge in [0, 0.05) is 18.3 Å². The number of carbonyl (C=O) groups excluding carboxylic acids is 1. The summed E-state index contributed by atoms with van der Waals surface area (Å²) in [5.41, 5.74) is 0.153. The lowest BCUT2D eigenvalue weighted by Gasteiger charge is -2.31. The van der Waals surface area contributed by atoms with Crippen molar-refractivity contribution in [3.05, 3.63) is 0 Å². The van der Waals surface area contributed by atoms with Crippen molar-refractivity contribution in [3.8, 4) is 12.3 Å². The predicted molar refractivity (Wildman–Crippen MR) is 52.0 cm³/mol. The van der Waals surface area contributed by atoms with E-state index < -0.39 is 0 Å². The van der Waals surface area contributed by atoms with Gasteiger partial charge in [0.1, 0.15) is 5.78 Å². The lowest BCUT2D eigenvalue weighted by Crippen LogP contribution is -2.31. The van der Waals surface area contributed by atoms with E-state index in [1.54, 1.807) is 0 Å². The Hall–Kier alpha value is -0.770. The van der Waals surface area contributed by atoms with Crippen molar-refractivity contribution in [1.29, 1.82) is 0 Å². The third-order valence-corrected chi connectivity index (χ3v) is 3.64. The molecule has 2 rings (SSSR count). The minimum Gasteiger partial charge on any atom is -0.299 e. The monoisotopic (exact) mass is 176 g/mol. The highest BCUT2D eigenvalue weighted by atomic mass is 16.1. The third kappa shape index (κ3) is 1.20. The fourth-order valence-corrected chi connectivity index (χ4v) is 2.84. The van der Waals surface area contributed by atoms with Crippen molar-refractivity contribution in [3.63, 3.8) is 0 Å². The second-order valence-corrected chi connectivity index (χ2v) is 5.41. The van der Waals surface area contributed by atoms with Crippen LogP contribution in [0, 0.1) is 29.1 Å². The van der Waals surface area contributed by atoms with E-state index in [9.17, 15) is 4.79 Å². The SMILES string of the molecule is C#CCC12CC1CC(C)(C)CC2=O. The number of terminal acetylenes is 1. The molecule has 2 saturated carbocycles. The van der Waals surface area contributed by atoms with Crippen LogP contribution in [-0.4, -0.2) is 5.78 Å². The van der Waals surface area contributed by atoms with Gasteiger partial charge in [0.15, 0.2) is 0 Å². The molecule has 0 bridgehead atoms. The first kappa shape index (κ1) is 8.81. The highest BCUT2D eigenvalue weighted by Gasteiger charge is 2.62. The van der Waals surface area contributed by atoms with Crippen LogP contribution in [-0.2, 0) is 4.79 Å². The maximum absolute atomic E-state index is 11.9. The van der Waals surface area contributed by atoms with E-state index in [0.29, 0.717) is 18.1 Å². The molecular weight excluding hydrogens is 160 g/mol. The van der Waals surface area contributed by atoms with Gasteiger partial charge in [-0.05, 0) is 24.2 Å². The number of rotatable bonds is 1. The molecule has 0 aromatic rings. The number of hydrogen-bond acceptors (Lipinski definition) is 1. The molecule has 0 aromatic carbocycles. The second-order valence-electron chi connectivity index (χ2n) is 5.41. The van der Waals surface area contributed by atoms with Crippen molar-refractivity contribution in [2.45, 2.75) is 39.5 Å². The van der Waals surface area contributed by atoms with Gasteiger partial charge in [-0.25, -0.2) is 0 Å². The van der Waals surface area contributed by atoms with Crippen LogP contribution in [0.25, 0.3) is 0 Å².